The van der Waals surface area contributed by atoms with E-state index >= 15 is 0 Å². The summed E-state index contributed by atoms with van der Waals surface area (Å²) >= 11 is 0. The topological polar surface area (TPSA) is 90.5 Å². The lowest BCUT2D eigenvalue weighted by molar-refractivity contribution is -0.137. The molecule has 2 fully saturated rings. The molecule has 4 amide bonds. The molecule has 7 nitrogen and oxygen atoms in total. The Balaban J connectivity index is 1.76. The minimum Gasteiger partial charge on any atom is -0.353 e. The summed E-state index contributed by atoms with van der Waals surface area (Å²) in [6, 6.07) is 4.13. The number of rotatable bonds is 11. The number of nitrogens with zero attached hydrogens (tertiary/aromatic N) is 1. The van der Waals surface area contributed by atoms with Gasteiger partial charge in [-0.15, -0.1) is 0 Å². The van der Waals surface area contributed by atoms with Crippen molar-refractivity contribution in [1.29, 1.82) is 0 Å². The molecule has 202 valence electrons. The molecule has 0 radical (unpaired) electrons. The zero-order valence-electron chi connectivity index (χ0n) is 21.7. The van der Waals surface area contributed by atoms with Crippen LogP contribution in [-0.4, -0.2) is 41.9 Å². The smallest absolute Gasteiger partial charge is 0.353 e. The highest BCUT2D eigenvalue weighted by Gasteiger charge is 2.51. The number of hydrogen-bond donors (Lipinski definition) is 3. The summed E-state index contributed by atoms with van der Waals surface area (Å²) < 4.78 is 38.7. The van der Waals surface area contributed by atoms with Gasteiger partial charge >= 0.3 is 12.2 Å². The van der Waals surface area contributed by atoms with Crippen LogP contribution in [-0.2, 0) is 22.2 Å². The molecule has 37 heavy (non-hydrogen) atoms. The fraction of sp³-hybridized carbons (Fsp3) is 0.519. The molecule has 1 aliphatic carbocycles. The van der Waals surface area contributed by atoms with Gasteiger partial charge in [0.05, 0.1) is 12.1 Å². The first kappa shape index (κ1) is 28.3. The van der Waals surface area contributed by atoms with Crippen LogP contribution in [0.2, 0.25) is 0 Å². The zero-order valence-corrected chi connectivity index (χ0v) is 21.7. The Kier molecular flexibility index (Phi) is 8.39. The van der Waals surface area contributed by atoms with Crippen LogP contribution >= 0.6 is 0 Å². The second-order valence-electron chi connectivity index (χ2n) is 10.1. The van der Waals surface area contributed by atoms with Crippen molar-refractivity contribution in [3.63, 3.8) is 0 Å². The van der Waals surface area contributed by atoms with Gasteiger partial charge in [-0.05, 0) is 55.7 Å². The molecule has 0 aromatic heterocycles. The van der Waals surface area contributed by atoms with E-state index in [1.165, 1.54) is 12.1 Å². The third-order valence-electron chi connectivity index (χ3n) is 7.33. The fourth-order valence-corrected chi connectivity index (χ4v) is 4.47. The highest BCUT2D eigenvalue weighted by atomic mass is 19.4. The first-order chi connectivity index (χ1) is 17.3. The van der Waals surface area contributed by atoms with E-state index in [2.05, 4.69) is 36.4 Å². The summed E-state index contributed by atoms with van der Waals surface area (Å²) in [5, 5.41) is 7.70. The van der Waals surface area contributed by atoms with Crippen LogP contribution in [0.1, 0.15) is 51.2 Å². The Morgan fingerprint density at radius 1 is 1.27 bits per heavy atom. The molecule has 0 bridgehead atoms. The first-order valence-electron chi connectivity index (χ1n) is 12.5. The van der Waals surface area contributed by atoms with Crippen molar-refractivity contribution in [2.45, 2.75) is 58.2 Å². The van der Waals surface area contributed by atoms with Gasteiger partial charge in [0, 0.05) is 24.4 Å². The maximum atomic E-state index is 13.3. The summed E-state index contributed by atoms with van der Waals surface area (Å²) in [5.74, 6) is -0.999. The average Bonchev–Trinajstić information content (AvgIpc) is 3.64. The molecule has 3 rings (SSSR count). The highest BCUT2D eigenvalue weighted by Crippen LogP contribution is 2.39. The Labute approximate surface area is 215 Å². The number of urea groups is 1. The average molecular weight is 521 g/mol. The summed E-state index contributed by atoms with van der Waals surface area (Å²) in [5.41, 5.74) is -0.546. The van der Waals surface area contributed by atoms with E-state index < -0.39 is 35.1 Å². The summed E-state index contributed by atoms with van der Waals surface area (Å²) in [6.07, 6.45) is 0.505. The molecule has 1 saturated heterocycles. The van der Waals surface area contributed by atoms with Crippen LogP contribution in [0.25, 0.3) is 0 Å². The maximum Gasteiger partial charge on any atom is 0.416 e. The Bertz CT molecular complexity index is 1080. The van der Waals surface area contributed by atoms with Gasteiger partial charge in [0.25, 0.3) is 5.91 Å². The summed E-state index contributed by atoms with van der Waals surface area (Å²) in [4.78, 5) is 40.0. The number of amides is 4. The molecule has 1 aromatic carbocycles. The molecule has 3 atom stereocenters. The van der Waals surface area contributed by atoms with Gasteiger partial charge in [-0.3, -0.25) is 14.9 Å². The van der Waals surface area contributed by atoms with Gasteiger partial charge in [-0.25, -0.2) is 4.79 Å². The molecule has 0 spiro atoms. The molecular formula is C27H35F3N4O3. The summed E-state index contributed by atoms with van der Waals surface area (Å²) in [7, 11) is 1.75. The number of halogens is 3. The lowest BCUT2D eigenvalue weighted by Crippen LogP contribution is -2.59. The van der Waals surface area contributed by atoms with Crippen LogP contribution in [0.3, 0.4) is 0 Å². The minimum absolute atomic E-state index is 0.108. The lowest BCUT2D eigenvalue weighted by Gasteiger charge is -2.35. The van der Waals surface area contributed by atoms with Gasteiger partial charge in [-0.2, -0.15) is 13.2 Å². The largest absolute Gasteiger partial charge is 0.416 e. The predicted molar refractivity (Wildman–Crippen MR) is 134 cm³/mol. The van der Waals surface area contributed by atoms with Crippen molar-refractivity contribution in [2.24, 2.45) is 17.8 Å². The van der Waals surface area contributed by atoms with Gasteiger partial charge in [0.1, 0.15) is 0 Å². The van der Waals surface area contributed by atoms with E-state index in [9.17, 15) is 27.6 Å². The maximum absolute atomic E-state index is 13.3. The van der Waals surface area contributed by atoms with Gasteiger partial charge < -0.3 is 15.5 Å². The van der Waals surface area contributed by atoms with Gasteiger partial charge in [-0.1, -0.05) is 45.1 Å². The number of allylic oxidation sites excluding steroid dienone is 2. The molecular weight excluding hydrogens is 485 g/mol. The fourth-order valence-electron chi connectivity index (χ4n) is 4.47. The first-order valence-corrected chi connectivity index (χ1v) is 12.5. The zero-order chi connectivity index (χ0) is 27.5. The third kappa shape index (κ3) is 6.53. The highest BCUT2D eigenvalue weighted by molar-refractivity contribution is 6.09. The second kappa shape index (κ2) is 11.0. The number of carbonyl (C=O) groups excluding carboxylic acids is 3. The molecule has 1 aromatic rings. The molecule has 1 heterocycles. The van der Waals surface area contributed by atoms with Crippen LogP contribution in [0.15, 0.2) is 48.3 Å². The van der Waals surface area contributed by atoms with Crippen LogP contribution in [0.5, 0.6) is 0 Å². The number of nitrogens with one attached hydrogen (secondary N) is 3. The van der Waals surface area contributed by atoms with Crippen molar-refractivity contribution in [3.05, 3.63) is 59.4 Å². The normalized spacial score (nSPS) is 21.6. The number of imide groups is 1. The minimum atomic E-state index is -4.43. The molecule has 2 aliphatic rings. The van der Waals surface area contributed by atoms with Gasteiger partial charge in [0.2, 0.25) is 5.91 Å². The number of hydrogen-bond acceptors (Lipinski definition) is 4. The van der Waals surface area contributed by atoms with Crippen LogP contribution in [0, 0.1) is 17.8 Å². The SMILES string of the molecule is C=C(N(C)/C(C)=C\C(C)CC)C1(CNC(=O)C(Cc2ccc(C(F)(F)F)cc2)C2CC2)NC(=O)NC1=O. The number of alkyl halides is 3. The Morgan fingerprint density at radius 3 is 2.38 bits per heavy atom. The quantitative estimate of drug-likeness (QED) is 0.378. The van der Waals surface area contributed by atoms with Crippen molar-refractivity contribution < 1.29 is 27.6 Å². The van der Waals surface area contributed by atoms with E-state index in [4.69, 9.17) is 0 Å². The molecule has 1 saturated carbocycles. The van der Waals surface area contributed by atoms with Crippen LogP contribution in [0.4, 0.5) is 18.0 Å². The molecule has 3 unspecified atom stereocenters. The Morgan fingerprint density at radius 2 is 1.89 bits per heavy atom. The monoisotopic (exact) mass is 520 g/mol. The van der Waals surface area contributed by atoms with E-state index in [-0.39, 0.29) is 24.8 Å². The number of likely N-dealkylation sites (N-methyl/N-ethyl adjacent to an activating group) is 1. The number of carbonyl (C=O) groups is 3. The van der Waals surface area contributed by atoms with E-state index in [0.29, 0.717) is 17.2 Å². The Hall–Kier alpha value is -3.30. The molecule has 1 aliphatic heterocycles. The molecule has 10 heteroatoms. The van der Waals surface area contributed by atoms with E-state index in [1.807, 2.05) is 13.0 Å². The van der Waals surface area contributed by atoms with Gasteiger partial charge in [0.15, 0.2) is 5.54 Å². The van der Waals surface area contributed by atoms with Crippen molar-refractivity contribution >= 4 is 17.8 Å². The molecule has 3 N–H and O–H groups in total. The third-order valence-corrected chi connectivity index (χ3v) is 7.33. The second-order valence-corrected chi connectivity index (χ2v) is 10.1. The van der Waals surface area contributed by atoms with Crippen molar-refractivity contribution in [1.82, 2.24) is 20.9 Å². The predicted octanol–water partition coefficient (Wildman–Crippen LogP) is 4.36. The number of benzene rings is 1. The standard InChI is InChI=1S/C27H35F3N4O3/c1-6-16(2)13-17(3)34(5)18(4)26(24(36)32-25(37)33-26)15-31-23(35)22(20-9-10-20)14-19-7-11-21(12-8-19)27(28,29)30/h7-8,11-13,16,20,22H,4,6,9-10,14-15H2,1-3,5H3,(H,31,35)(H2,32,33,36,37)/b17-13-. The van der Waals surface area contributed by atoms with Crippen LogP contribution < -0.4 is 16.0 Å². The van der Waals surface area contributed by atoms with Crippen molar-refractivity contribution in [2.75, 3.05) is 13.6 Å². The lowest BCUT2D eigenvalue weighted by atomic mass is 9.91. The van der Waals surface area contributed by atoms with E-state index in [0.717, 1.165) is 37.1 Å². The van der Waals surface area contributed by atoms with E-state index in [1.54, 1.807) is 11.9 Å². The van der Waals surface area contributed by atoms with Crippen molar-refractivity contribution in [3.8, 4) is 0 Å². The summed E-state index contributed by atoms with van der Waals surface area (Å²) in [6.45, 7) is 9.88.